The predicted molar refractivity (Wildman–Crippen MR) is 69.2 cm³/mol. The van der Waals surface area contributed by atoms with E-state index in [1.165, 1.54) is 0 Å². The van der Waals surface area contributed by atoms with Crippen molar-refractivity contribution in [2.45, 2.75) is 13.0 Å². The minimum Gasteiger partial charge on any atom is -0.348 e. The van der Waals surface area contributed by atoms with Gasteiger partial charge in [0.15, 0.2) is 4.73 Å². The van der Waals surface area contributed by atoms with E-state index in [2.05, 4.69) is 41.5 Å². The Morgan fingerprint density at radius 2 is 2.29 bits per heavy atom. The Morgan fingerprint density at radius 3 is 3.12 bits per heavy atom. The first-order valence-corrected chi connectivity index (χ1v) is 6.28. The number of nitrogens with one attached hydrogen (secondary N) is 3. The van der Waals surface area contributed by atoms with Crippen LogP contribution >= 0.6 is 15.9 Å². The summed E-state index contributed by atoms with van der Waals surface area (Å²) in [6, 6.07) is 3.92. The average Bonchev–Trinajstić information content (AvgIpc) is 2.81. The van der Waals surface area contributed by atoms with Crippen LogP contribution in [0.25, 0.3) is 0 Å². The maximum atomic E-state index is 4.42. The molecule has 0 unspecified atom stereocenters. The van der Waals surface area contributed by atoms with Gasteiger partial charge in [-0.25, -0.2) is 9.97 Å². The number of aromatic amines is 1. The fourth-order valence-corrected chi connectivity index (χ4v) is 2.34. The second-order valence-electron chi connectivity index (χ2n) is 3.90. The number of nitrogens with zero attached hydrogens (tertiary/aromatic N) is 2. The highest BCUT2D eigenvalue weighted by Gasteiger charge is 2.16. The van der Waals surface area contributed by atoms with E-state index < -0.39 is 0 Å². The Bertz CT molecular complexity index is 523. The zero-order valence-corrected chi connectivity index (χ0v) is 10.7. The standard InChI is InChI=1S/C11H12BrN5/c12-11-15-8-3-5-13-6-7(8)10(17-11)16-9-2-1-4-14-9/h1-2,4,13-14H,3,5-6H2,(H,15,16,17). The van der Waals surface area contributed by atoms with Gasteiger partial charge in [-0.1, -0.05) is 0 Å². The summed E-state index contributed by atoms with van der Waals surface area (Å²) in [4.78, 5) is 11.9. The van der Waals surface area contributed by atoms with E-state index in [-0.39, 0.29) is 0 Å². The number of H-pyrrole nitrogens is 1. The van der Waals surface area contributed by atoms with Gasteiger partial charge in [-0.15, -0.1) is 0 Å². The van der Waals surface area contributed by atoms with Crippen LogP contribution in [-0.4, -0.2) is 21.5 Å². The lowest BCUT2D eigenvalue weighted by Gasteiger charge is -2.19. The molecule has 1 aliphatic heterocycles. The molecule has 0 spiro atoms. The van der Waals surface area contributed by atoms with Crippen LogP contribution in [0.5, 0.6) is 0 Å². The highest BCUT2D eigenvalue weighted by Crippen LogP contribution is 2.24. The zero-order chi connectivity index (χ0) is 11.7. The van der Waals surface area contributed by atoms with Crippen molar-refractivity contribution in [1.82, 2.24) is 20.3 Å². The molecule has 1 aliphatic rings. The molecular weight excluding hydrogens is 282 g/mol. The minimum atomic E-state index is 0.632. The van der Waals surface area contributed by atoms with Crippen molar-refractivity contribution >= 4 is 27.6 Å². The lowest BCUT2D eigenvalue weighted by molar-refractivity contribution is 0.625. The summed E-state index contributed by atoms with van der Waals surface area (Å²) in [5.41, 5.74) is 2.26. The van der Waals surface area contributed by atoms with E-state index in [0.717, 1.165) is 42.4 Å². The Morgan fingerprint density at radius 1 is 1.35 bits per heavy atom. The van der Waals surface area contributed by atoms with Gasteiger partial charge < -0.3 is 15.6 Å². The maximum absolute atomic E-state index is 4.42. The van der Waals surface area contributed by atoms with Crippen molar-refractivity contribution in [3.05, 3.63) is 34.3 Å². The Kier molecular flexibility index (Phi) is 2.82. The average molecular weight is 294 g/mol. The molecule has 2 aromatic rings. The summed E-state index contributed by atoms with van der Waals surface area (Å²) in [6.07, 6.45) is 2.82. The molecule has 3 heterocycles. The van der Waals surface area contributed by atoms with E-state index in [9.17, 15) is 0 Å². The molecule has 0 fully saturated rings. The fraction of sp³-hybridized carbons (Fsp3) is 0.273. The molecule has 0 radical (unpaired) electrons. The van der Waals surface area contributed by atoms with Gasteiger partial charge in [0.2, 0.25) is 0 Å². The third kappa shape index (κ3) is 2.18. The number of fused-ring (bicyclic) bond motifs is 1. The van der Waals surface area contributed by atoms with Crippen molar-refractivity contribution in [3.63, 3.8) is 0 Å². The van der Waals surface area contributed by atoms with Crippen LogP contribution in [0.3, 0.4) is 0 Å². The number of anilines is 2. The van der Waals surface area contributed by atoms with Crippen LogP contribution in [0.1, 0.15) is 11.3 Å². The Hall–Kier alpha value is -1.40. The third-order valence-electron chi connectivity index (χ3n) is 2.76. The molecule has 3 rings (SSSR count). The van der Waals surface area contributed by atoms with Gasteiger partial charge in [0.05, 0.1) is 5.69 Å². The van der Waals surface area contributed by atoms with E-state index in [4.69, 9.17) is 0 Å². The molecule has 0 saturated heterocycles. The van der Waals surface area contributed by atoms with Crippen LogP contribution in [-0.2, 0) is 13.0 Å². The van der Waals surface area contributed by atoms with Crippen LogP contribution in [0.2, 0.25) is 0 Å². The first-order chi connectivity index (χ1) is 8.33. The smallest absolute Gasteiger partial charge is 0.198 e. The van der Waals surface area contributed by atoms with Gasteiger partial charge in [0, 0.05) is 31.3 Å². The first kappa shape index (κ1) is 10.7. The molecular formula is C11H12BrN5. The monoisotopic (exact) mass is 293 g/mol. The van der Waals surface area contributed by atoms with Crippen molar-refractivity contribution in [2.75, 3.05) is 11.9 Å². The molecule has 0 aromatic carbocycles. The van der Waals surface area contributed by atoms with Gasteiger partial charge in [-0.3, -0.25) is 0 Å². The highest BCUT2D eigenvalue weighted by molar-refractivity contribution is 9.10. The summed E-state index contributed by atoms with van der Waals surface area (Å²) < 4.78 is 0.632. The molecule has 6 heteroatoms. The summed E-state index contributed by atoms with van der Waals surface area (Å²) >= 11 is 3.35. The third-order valence-corrected chi connectivity index (χ3v) is 3.11. The Balaban J connectivity index is 2.00. The zero-order valence-electron chi connectivity index (χ0n) is 9.13. The lowest BCUT2D eigenvalue weighted by atomic mass is 10.1. The molecule has 0 saturated carbocycles. The van der Waals surface area contributed by atoms with Crippen molar-refractivity contribution < 1.29 is 0 Å². The summed E-state index contributed by atoms with van der Waals surface area (Å²) in [7, 11) is 0. The van der Waals surface area contributed by atoms with E-state index in [1.807, 2.05) is 18.3 Å². The summed E-state index contributed by atoms with van der Waals surface area (Å²) in [5.74, 6) is 1.79. The SMILES string of the molecule is Brc1nc2c(c(Nc3ccc[nH]3)n1)CNCC2. The van der Waals surface area contributed by atoms with Crippen LogP contribution < -0.4 is 10.6 Å². The van der Waals surface area contributed by atoms with Crippen LogP contribution in [0, 0.1) is 0 Å². The van der Waals surface area contributed by atoms with Crippen molar-refractivity contribution in [2.24, 2.45) is 0 Å². The summed E-state index contributed by atoms with van der Waals surface area (Å²) in [5, 5.41) is 6.61. The fourth-order valence-electron chi connectivity index (χ4n) is 1.95. The molecule has 0 amide bonds. The minimum absolute atomic E-state index is 0.632. The summed E-state index contributed by atoms with van der Waals surface area (Å²) in [6.45, 7) is 1.78. The predicted octanol–water partition coefficient (Wildman–Crippen LogP) is 1.96. The molecule has 0 bridgehead atoms. The van der Waals surface area contributed by atoms with E-state index in [0.29, 0.717) is 4.73 Å². The lowest BCUT2D eigenvalue weighted by Crippen LogP contribution is -2.26. The number of halogens is 1. The van der Waals surface area contributed by atoms with Gasteiger partial charge in [0.25, 0.3) is 0 Å². The molecule has 2 aromatic heterocycles. The largest absolute Gasteiger partial charge is 0.348 e. The van der Waals surface area contributed by atoms with Crippen molar-refractivity contribution in [1.29, 1.82) is 0 Å². The number of hydrogen-bond donors (Lipinski definition) is 3. The van der Waals surface area contributed by atoms with Crippen molar-refractivity contribution in [3.8, 4) is 0 Å². The van der Waals surface area contributed by atoms with Crippen LogP contribution in [0.4, 0.5) is 11.6 Å². The first-order valence-electron chi connectivity index (χ1n) is 5.49. The molecule has 3 N–H and O–H groups in total. The van der Waals surface area contributed by atoms with E-state index in [1.54, 1.807) is 0 Å². The van der Waals surface area contributed by atoms with E-state index >= 15 is 0 Å². The second-order valence-corrected chi connectivity index (χ2v) is 4.61. The highest BCUT2D eigenvalue weighted by atomic mass is 79.9. The van der Waals surface area contributed by atoms with Gasteiger partial charge >= 0.3 is 0 Å². The number of rotatable bonds is 2. The number of aromatic nitrogens is 3. The molecule has 5 nitrogen and oxygen atoms in total. The molecule has 17 heavy (non-hydrogen) atoms. The number of hydrogen-bond acceptors (Lipinski definition) is 4. The molecule has 0 aliphatic carbocycles. The topological polar surface area (TPSA) is 65.6 Å². The quantitative estimate of drug-likeness (QED) is 0.741. The Labute approximate surface area is 107 Å². The van der Waals surface area contributed by atoms with Gasteiger partial charge in [-0.05, 0) is 28.1 Å². The van der Waals surface area contributed by atoms with Crippen LogP contribution in [0.15, 0.2) is 23.1 Å². The molecule has 0 atom stereocenters. The molecule has 88 valence electrons. The normalized spacial score (nSPS) is 14.4. The second kappa shape index (κ2) is 4.46. The van der Waals surface area contributed by atoms with Gasteiger partial charge in [-0.2, -0.15) is 0 Å². The van der Waals surface area contributed by atoms with Gasteiger partial charge in [0.1, 0.15) is 11.6 Å². The maximum Gasteiger partial charge on any atom is 0.198 e.